The van der Waals surface area contributed by atoms with Gasteiger partial charge in [0.15, 0.2) is 0 Å². The molecule has 1 aromatic heterocycles. The second kappa shape index (κ2) is 9.98. The average molecular weight is 613 g/mol. The molecule has 1 atom stereocenters. The Balaban J connectivity index is 0.00000450. The number of carbonyl (C=O) groups is 2. The Morgan fingerprint density at radius 1 is 1.07 bits per heavy atom. The van der Waals surface area contributed by atoms with E-state index >= 15 is 0 Å². The second-order valence-electron chi connectivity index (χ2n) is 6.74. The molecule has 0 saturated carbocycles. The maximum absolute atomic E-state index is 13.8. The van der Waals surface area contributed by atoms with Gasteiger partial charge in [0.2, 0.25) is 34.8 Å². The maximum Gasteiger partial charge on any atom is 0.408 e. The third kappa shape index (κ3) is 6.23. The summed E-state index contributed by atoms with van der Waals surface area (Å²) >= 11 is 0. The zero-order chi connectivity index (χ0) is 21.9. The first-order valence-electron chi connectivity index (χ1n) is 8.05. The van der Waals surface area contributed by atoms with Crippen LogP contribution < -0.4 is 15.0 Å². The van der Waals surface area contributed by atoms with Crippen LogP contribution in [0.2, 0.25) is 0 Å². The number of benzene rings is 1. The van der Waals surface area contributed by atoms with Crippen LogP contribution in [0.1, 0.15) is 26.5 Å². The fourth-order valence-corrected chi connectivity index (χ4v) is 2.06. The molecule has 1 unspecified atom stereocenters. The Kier molecular flexibility index (Phi) is 8.49. The van der Waals surface area contributed by atoms with Crippen LogP contribution in [0.4, 0.5) is 26.7 Å². The molecule has 1 aromatic carbocycles. The number of halogens is 5. The standard InChI is InChI=1S/C17H16F5N3O4.Ir/c1-17(2,3)29-16(27)25-8(4-7-5-23-6-24-7)15(26)28-14-12(21)10(19)9(18)11(20)13(14)22;/h5-6,8H,4H2,1-3H3,(H2,23,24,25,27);/p-1. The zero-order valence-corrected chi connectivity index (χ0v) is 18.1. The molecule has 7 nitrogen and oxygen atoms in total. The van der Waals surface area contributed by atoms with Crippen LogP contribution in [0.3, 0.4) is 0 Å². The van der Waals surface area contributed by atoms with Gasteiger partial charge in [-0.2, -0.15) is 8.78 Å². The summed E-state index contributed by atoms with van der Waals surface area (Å²) in [6, 6.07) is -1.63. The number of nitrogens with one attached hydrogen (secondary N) is 1. The fraction of sp³-hybridized carbons (Fsp3) is 0.353. The van der Waals surface area contributed by atoms with Gasteiger partial charge in [-0.05, 0) is 27.2 Å². The van der Waals surface area contributed by atoms with Crippen LogP contribution in [0, 0.1) is 29.1 Å². The van der Waals surface area contributed by atoms with Gasteiger partial charge in [0.25, 0.3) is 0 Å². The van der Waals surface area contributed by atoms with Gasteiger partial charge < -0.3 is 24.8 Å². The Labute approximate surface area is 180 Å². The number of hydrogen-bond acceptors (Lipinski definition) is 5. The molecule has 0 bridgehead atoms. The predicted octanol–water partition coefficient (Wildman–Crippen LogP) is 2.77. The van der Waals surface area contributed by atoms with E-state index in [0.717, 1.165) is 6.33 Å². The summed E-state index contributed by atoms with van der Waals surface area (Å²) in [7, 11) is 0. The van der Waals surface area contributed by atoms with Crippen LogP contribution >= 0.6 is 0 Å². The van der Waals surface area contributed by atoms with Crippen LogP contribution in [0.25, 0.3) is 0 Å². The molecule has 0 aliphatic heterocycles. The molecular weight excluding hydrogens is 597 g/mol. The fourth-order valence-electron chi connectivity index (χ4n) is 2.06. The quantitative estimate of drug-likeness (QED) is 0.184. The minimum Gasteiger partial charge on any atom is -0.450 e. The number of esters is 1. The molecule has 1 amide bonds. The maximum atomic E-state index is 13.8. The van der Waals surface area contributed by atoms with Crippen molar-refractivity contribution in [3.63, 3.8) is 0 Å². The molecule has 13 heteroatoms. The Hall–Kier alpha value is -2.53. The summed E-state index contributed by atoms with van der Waals surface area (Å²) in [6.07, 6.45) is 0.925. The summed E-state index contributed by atoms with van der Waals surface area (Å²) in [5, 5.41) is 2.10. The van der Waals surface area contributed by atoms with Crippen LogP contribution in [-0.2, 0) is 36.1 Å². The summed E-state index contributed by atoms with van der Waals surface area (Å²) < 4.78 is 76.6. The van der Waals surface area contributed by atoms with E-state index in [0.29, 0.717) is 0 Å². The first kappa shape index (κ1) is 25.5. The third-order valence-electron chi connectivity index (χ3n) is 3.27. The number of nitrogens with zero attached hydrogens (tertiary/aromatic N) is 2. The van der Waals surface area contributed by atoms with E-state index in [-0.39, 0.29) is 32.2 Å². The van der Waals surface area contributed by atoms with Gasteiger partial charge in [0, 0.05) is 20.1 Å². The number of amides is 1. The van der Waals surface area contributed by atoms with Gasteiger partial charge in [-0.3, -0.25) is 0 Å². The number of ether oxygens (including phenoxy) is 2. The number of rotatable bonds is 5. The minimum atomic E-state index is -2.41. The van der Waals surface area contributed by atoms with Crippen LogP contribution in [0.5, 0.6) is 5.75 Å². The molecule has 1 N–H and O–H groups in total. The van der Waals surface area contributed by atoms with E-state index in [1.165, 1.54) is 27.0 Å². The second-order valence-corrected chi connectivity index (χ2v) is 6.74. The molecule has 0 aliphatic carbocycles. The molecule has 0 saturated heterocycles. The van der Waals surface area contributed by atoms with Crippen molar-refractivity contribution in [2.75, 3.05) is 0 Å². The van der Waals surface area contributed by atoms with Gasteiger partial charge in [0.1, 0.15) is 11.6 Å². The van der Waals surface area contributed by atoms with Crippen molar-refractivity contribution in [3.05, 3.63) is 47.3 Å². The van der Waals surface area contributed by atoms with E-state index in [1.807, 2.05) is 0 Å². The summed E-state index contributed by atoms with van der Waals surface area (Å²) in [6.45, 7) is 4.62. The van der Waals surface area contributed by atoms with Crippen molar-refractivity contribution in [1.29, 1.82) is 0 Å². The van der Waals surface area contributed by atoms with Crippen molar-refractivity contribution in [1.82, 2.24) is 15.3 Å². The predicted molar refractivity (Wildman–Crippen MR) is 86.3 cm³/mol. The van der Waals surface area contributed by atoms with Crippen LogP contribution in [0.15, 0.2) is 12.5 Å². The van der Waals surface area contributed by atoms with Gasteiger partial charge in [-0.15, -0.1) is 0 Å². The molecule has 2 aromatic rings. The van der Waals surface area contributed by atoms with E-state index in [9.17, 15) is 31.5 Å². The van der Waals surface area contributed by atoms with Crippen LogP contribution in [-0.4, -0.2) is 28.7 Å². The number of aromatic nitrogens is 2. The molecule has 30 heavy (non-hydrogen) atoms. The molecule has 1 radical (unpaired) electrons. The third-order valence-corrected chi connectivity index (χ3v) is 3.27. The molecule has 1 heterocycles. The Bertz CT molecular complexity index is 890. The van der Waals surface area contributed by atoms with Crippen molar-refractivity contribution in [2.24, 2.45) is 0 Å². The monoisotopic (exact) mass is 613 g/mol. The molecule has 167 valence electrons. The summed E-state index contributed by atoms with van der Waals surface area (Å²) in [5.74, 6) is -15.0. The van der Waals surface area contributed by atoms with E-state index in [2.05, 4.69) is 20.0 Å². The zero-order valence-electron chi connectivity index (χ0n) is 15.7. The van der Waals surface area contributed by atoms with Crippen molar-refractivity contribution >= 4 is 12.1 Å². The van der Waals surface area contributed by atoms with Crippen molar-refractivity contribution in [2.45, 2.75) is 38.8 Å². The minimum absolute atomic E-state index is 0. The van der Waals surface area contributed by atoms with E-state index in [4.69, 9.17) is 4.74 Å². The summed E-state index contributed by atoms with van der Waals surface area (Å²) in [5.41, 5.74) is -0.763. The first-order chi connectivity index (χ1) is 13.4. The molecule has 0 fully saturated rings. The van der Waals surface area contributed by atoms with E-state index in [1.54, 1.807) is 0 Å². The average Bonchev–Trinajstić information content (AvgIpc) is 3.12. The van der Waals surface area contributed by atoms with Gasteiger partial charge >= 0.3 is 12.1 Å². The van der Waals surface area contributed by atoms with Gasteiger partial charge in [-0.1, -0.05) is 18.2 Å². The number of alkyl carbamates (subject to hydrolysis) is 1. The van der Waals surface area contributed by atoms with Gasteiger partial charge in [0.05, 0.1) is 0 Å². The normalized spacial score (nSPS) is 12.0. The summed E-state index contributed by atoms with van der Waals surface area (Å²) in [4.78, 5) is 31.7. The van der Waals surface area contributed by atoms with Gasteiger partial charge in [-0.25, -0.2) is 22.8 Å². The molecule has 2 rings (SSSR count). The topological polar surface area (TPSA) is 91.6 Å². The van der Waals surface area contributed by atoms with Crippen molar-refractivity contribution < 1.29 is 61.1 Å². The smallest absolute Gasteiger partial charge is 0.408 e. The Morgan fingerprint density at radius 3 is 2.07 bits per heavy atom. The van der Waals surface area contributed by atoms with Crippen molar-refractivity contribution in [3.8, 4) is 5.75 Å². The number of carbonyl (C=O) groups excluding carboxylic acids is 2. The largest absolute Gasteiger partial charge is 0.450 e. The molecule has 0 spiro atoms. The SMILES string of the molecule is CC(C)(C)OC(=O)NC(Cc1c[n-]cn1)C(=O)Oc1c(F)c(F)c(F)c(F)c1F.[Ir]. The molecular formula is C17H15F5IrN3O4-. The number of imidazole rings is 1. The number of hydrogen-bond donors (Lipinski definition) is 1. The first-order valence-corrected chi connectivity index (χ1v) is 8.05. The Morgan fingerprint density at radius 2 is 1.60 bits per heavy atom. The van der Waals surface area contributed by atoms with E-state index < -0.39 is 58.5 Å². The molecule has 0 aliphatic rings.